The highest BCUT2D eigenvalue weighted by atomic mass is 16.5. The summed E-state index contributed by atoms with van der Waals surface area (Å²) in [5.74, 6) is -1.94. The Morgan fingerprint density at radius 1 is 0.905 bits per heavy atom. The van der Waals surface area contributed by atoms with Gasteiger partial charge in [0.05, 0.1) is 6.61 Å². The first kappa shape index (κ1) is 19.7. The van der Waals surface area contributed by atoms with Crippen molar-refractivity contribution in [1.29, 1.82) is 0 Å². The molecule has 0 amide bonds. The fourth-order valence-corrected chi connectivity index (χ4v) is 2.10. The number of ether oxygens (including phenoxy) is 1. The van der Waals surface area contributed by atoms with E-state index in [1.807, 2.05) is 0 Å². The van der Waals surface area contributed by atoms with Crippen molar-refractivity contribution >= 4 is 11.9 Å². The van der Waals surface area contributed by atoms with Crippen LogP contribution in [0.5, 0.6) is 0 Å². The molecule has 0 saturated heterocycles. The molecule has 0 unspecified atom stereocenters. The number of esters is 1. The number of aliphatic carboxylic acids is 1. The van der Waals surface area contributed by atoms with Crippen LogP contribution in [-0.2, 0) is 14.3 Å². The maximum atomic E-state index is 11.3. The van der Waals surface area contributed by atoms with Crippen LogP contribution in [0.4, 0.5) is 0 Å². The molecule has 122 valence electrons. The SMILES string of the molecule is C=C(CC(=O)[O-])C(=O)OCCCCCCCCCCCC. The minimum atomic E-state index is -1.31. The van der Waals surface area contributed by atoms with E-state index in [1.54, 1.807) is 0 Å². The highest BCUT2D eigenvalue weighted by Crippen LogP contribution is 2.10. The van der Waals surface area contributed by atoms with Crippen LogP contribution in [0.25, 0.3) is 0 Å². The molecule has 0 aromatic heterocycles. The summed E-state index contributed by atoms with van der Waals surface area (Å²) < 4.78 is 4.95. The number of unbranched alkanes of at least 4 members (excludes halogenated alkanes) is 9. The van der Waals surface area contributed by atoms with Gasteiger partial charge in [-0.05, 0) is 6.42 Å². The van der Waals surface area contributed by atoms with E-state index in [4.69, 9.17) is 4.74 Å². The smallest absolute Gasteiger partial charge is 0.333 e. The molecule has 0 aromatic rings. The molecule has 0 rings (SSSR count). The zero-order valence-corrected chi connectivity index (χ0v) is 13.3. The Balaban J connectivity index is 3.30. The molecular weight excluding hydrogens is 268 g/mol. The maximum absolute atomic E-state index is 11.3. The number of hydrogen-bond acceptors (Lipinski definition) is 4. The molecule has 0 atom stereocenters. The van der Waals surface area contributed by atoms with Crippen molar-refractivity contribution in [2.75, 3.05) is 6.61 Å². The Morgan fingerprint density at radius 2 is 1.38 bits per heavy atom. The third-order valence-electron chi connectivity index (χ3n) is 3.38. The minimum Gasteiger partial charge on any atom is -0.550 e. The highest BCUT2D eigenvalue weighted by molar-refractivity contribution is 5.92. The summed E-state index contributed by atoms with van der Waals surface area (Å²) in [6, 6.07) is 0. The van der Waals surface area contributed by atoms with Crippen molar-refractivity contribution in [3.63, 3.8) is 0 Å². The lowest BCUT2D eigenvalue weighted by atomic mass is 10.1. The van der Waals surface area contributed by atoms with Crippen LogP contribution in [0.2, 0.25) is 0 Å². The van der Waals surface area contributed by atoms with Gasteiger partial charge in [-0.1, -0.05) is 71.3 Å². The van der Waals surface area contributed by atoms with Crippen molar-refractivity contribution in [3.8, 4) is 0 Å². The van der Waals surface area contributed by atoms with Gasteiger partial charge in [0.2, 0.25) is 0 Å². The first-order valence-electron chi connectivity index (χ1n) is 8.12. The largest absolute Gasteiger partial charge is 0.550 e. The van der Waals surface area contributed by atoms with E-state index in [1.165, 1.54) is 44.9 Å². The van der Waals surface area contributed by atoms with E-state index in [0.717, 1.165) is 19.3 Å². The van der Waals surface area contributed by atoms with E-state index >= 15 is 0 Å². The van der Waals surface area contributed by atoms with Gasteiger partial charge in [-0.3, -0.25) is 0 Å². The third-order valence-corrected chi connectivity index (χ3v) is 3.38. The fraction of sp³-hybridized carbons (Fsp3) is 0.765. The van der Waals surface area contributed by atoms with Gasteiger partial charge in [0.25, 0.3) is 0 Å². The Morgan fingerprint density at radius 3 is 1.86 bits per heavy atom. The summed E-state index contributed by atoms with van der Waals surface area (Å²) in [4.78, 5) is 21.6. The zero-order valence-electron chi connectivity index (χ0n) is 13.3. The summed E-state index contributed by atoms with van der Waals surface area (Å²) in [7, 11) is 0. The number of hydrogen-bond donors (Lipinski definition) is 0. The number of carboxylic acids is 1. The van der Waals surface area contributed by atoms with Gasteiger partial charge in [0, 0.05) is 18.0 Å². The van der Waals surface area contributed by atoms with Crippen molar-refractivity contribution in [2.24, 2.45) is 0 Å². The molecule has 21 heavy (non-hydrogen) atoms. The van der Waals surface area contributed by atoms with E-state index in [-0.39, 0.29) is 5.57 Å². The van der Waals surface area contributed by atoms with Crippen LogP contribution in [-0.4, -0.2) is 18.5 Å². The van der Waals surface area contributed by atoms with Crippen LogP contribution in [0, 0.1) is 0 Å². The summed E-state index contributed by atoms with van der Waals surface area (Å²) in [6.45, 7) is 5.93. The first-order valence-corrected chi connectivity index (χ1v) is 8.12. The molecule has 0 bridgehead atoms. The molecule has 0 N–H and O–H groups in total. The third kappa shape index (κ3) is 13.4. The van der Waals surface area contributed by atoms with Gasteiger partial charge in [0.1, 0.15) is 0 Å². The van der Waals surface area contributed by atoms with Gasteiger partial charge < -0.3 is 14.6 Å². The molecule has 0 fully saturated rings. The lowest BCUT2D eigenvalue weighted by molar-refractivity contribution is -0.304. The van der Waals surface area contributed by atoms with E-state index < -0.39 is 18.4 Å². The molecule has 4 nitrogen and oxygen atoms in total. The average Bonchev–Trinajstić information content (AvgIpc) is 2.43. The standard InChI is InChI=1S/C17H30O4/c1-3-4-5-6-7-8-9-10-11-12-13-21-17(20)15(2)14-16(18)19/h2-14H2,1H3,(H,18,19)/p-1. The number of rotatable bonds is 14. The fourth-order valence-electron chi connectivity index (χ4n) is 2.10. The minimum absolute atomic E-state index is 0.0536. The quantitative estimate of drug-likeness (QED) is 0.281. The molecule has 0 spiro atoms. The van der Waals surface area contributed by atoms with Crippen LogP contribution < -0.4 is 5.11 Å². The molecule has 0 radical (unpaired) electrons. The monoisotopic (exact) mass is 297 g/mol. The Labute approximate surface area is 128 Å². The Kier molecular flexibility index (Phi) is 12.8. The van der Waals surface area contributed by atoms with Crippen molar-refractivity contribution in [3.05, 3.63) is 12.2 Å². The van der Waals surface area contributed by atoms with E-state index in [0.29, 0.717) is 6.61 Å². The molecule has 0 saturated carbocycles. The summed E-state index contributed by atoms with van der Waals surface area (Å²) in [5, 5.41) is 10.3. The second-order valence-corrected chi connectivity index (χ2v) is 5.47. The molecule has 0 aliphatic rings. The first-order chi connectivity index (χ1) is 10.1. The van der Waals surface area contributed by atoms with E-state index in [9.17, 15) is 14.7 Å². The van der Waals surface area contributed by atoms with Crippen molar-refractivity contribution < 1.29 is 19.4 Å². The summed E-state index contributed by atoms with van der Waals surface area (Å²) in [5.41, 5.74) is -0.0536. The van der Waals surface area contributed by atoms with Gasteiger partial charge in [-0.2, -0.15) is 0 Å². The number of carboxylic acid groups (broad SMARTS) is 1. The molecular formula is C17H29O4-. The Bertz CT molecular complexity index is 310. The highest BCUT2D eigenvalue weighted by Gasteiger charge is 2.08. The molecule has 4 heteroatoms. The van der Waals surface area contributed by atoms with Gasteiger partial charge in [-0.15, -0.1) is 0 Å². The van der Waals surface area contributed by atoms with Gasteiger partial charge in [0.15, 0.2) is 0 Å². The molecule has 0 heterocycles. The topological polar surface area (TPSA) is 66.4 Å². The second-order valence-electron chi connectivity index (χ2n) is 5.47. The summed E-state index contributed by atoms with van der Waals surface area (Å²) >= 11 is 0. The predicted molar refractivity (Wildman–Crippen MR) is 81.6 cm³/mol. The number of carbonyl (C=O) groups excluding carboxylic acids is 2. The number of carbonyl (C=O) groups is 2. The second kappa shape index (κ2) is 13.7. The maximum Gasteiger partial charge on any atom is 0.333 e. The van der Waals surface area contributed by atoms with Gasteiger partial charge >= 0.3 is 5.97 Å². The lowest BCUT2D eigenvalue weighted by Gasteiger charge is -2.07. The van der Waals surface area contributed by atoms with Crippen LogP contribution in [0.15, 0.2) is 12.2 Å². The van der Waals surface area contributed by atoms with Gasteiger partial charge in [-0.25, -0.2) is 4.79 Å². The summed E-state index contributed by atoms with van der Waals surface area (Å²) in [6.07, 6.45) is 11.7. The predicted octanol–water partition coefficient (Wildman–Crippen LogP) is 3.15. The van der Waals surface area contributed by atoms with Crippen LogP contribution in [0.3, 0.4) is 0 Å². The van der Waals surface area contributed by atoms with Crippen LogP contribution in [0.1, 0.15) is 77.6 Å². The normalized spacial score (nSPS) is 10.3. The lowest BCUT2D eigenvalue weighted by Crippen LogP contribution is -2.24. The van der Waals surface area contributed by atoms with Crippen molar-refractivity contribution in [2.45, 2.75) is 77.6 Å². The molecule has 0 aliphatic carbocycles. The average molecular weight is 297 g/mol. The molecule has 0 aliphatic heterocycles. The van der Waals surface area contributed by atoms with Crippen LogP contribution >= 0.6 is 0 Å². The van der Waals surface area contributed by atoms with E-state index in [2.05, 4.69) is 13.5 Å². The zero-order chi connectivity index (χ0) is 15.9. The Hall–Kier alpha value is -1.32. The van der Waals surface area contributed by atoms with Crippen molar-refractivity contribution in [1.82, 2.24) is 0 Å². The molecule has 0 aromatic carbocycles.